The van der Waals surface area contributed by atoms with E-state index in [4.69, 9.17) is 9.47 Å². The van der Waals surface area contributed by atoms with Crippen LogP contribution < -0.4 is 5.56 Å². The van der Waals surface area contributed by atoms with Crippen LogP contribution >= 0.6 is 0 Å². The van der Waals surface area contributed by atoms with Gasteiger partial charge >= 0.3 is 5.97 Å². The molecule has 2 heterocycles. The molecule has 1 aromatic rings. The van der Waals surface area contributed by atoms with Crippen LogP contribution in [0, 0.1) is 13.8 Å². The van der Waals surface area contributed by atoms with Gasteiger partial charge in [-0.2, -0.15) is 0 Å². The van der Waals surface area contributed by atoms with E-state index in [1.54, 1.807) is 25.3 Å². The van der Waals surface area contributed by atoms with Gasteiger partial charge in [0.05, 0.1) is 24.3 Å². The summed E-state index contributed by atoms with van der Waals surface area (Å²) < 4.78 is 12.4. The fourth-order valence-corrected chi connectivity index (χ4v) is 3.07. The van der Waals surface area contributed by atoms with Crippen LogP contribution in [0.1, 0.15) is 54.3 Å². The van der Waals surface area contributed by atoms with E-state index in [1.807, 2.05) is 6.92 Å². The van der Waals surface area contributed by atoms with Gasteiger partial charge in [0.2, 0.25) is 0 Å². The Labute approximate surface area is 124 Å². The summed E-state index contributed by atoms with van der Waals surface area (Å²) in [5, 5.41) is 0. The Morgan fingerprint density at radius 3 is 2.81 bits per heavy atom. The average Bonchev–Trinajstić information content (AvgIpc) is 2.91. The molecule has 0 saturated carbocycles. The standard InChI is InChI=1S/C16H23NO4/c1-5-20-16(19)15-10(2)9-14(18)17(12(15)4)11(3)13-7-6-8-21-13/h9,11,13H,5-8H2,1-4H3. The molecule has 2 atom stereocenters. The van der Waals surface area contributed by atoms with Crippen LogP contribution in [0.2, 0.25) is 0 Å². The van der Waals surface area contributed by atoms with Gasteiger partial charge in [0, 0.05) is 18.4 Å². The molecule has 5 nitrogen and oxygen atoms in total. The number of aromatic nitrogens is 1. The van der Waals surface area contributed by atoms with Gasteiger partial charge in [-0.25, -0.2) is 4.79 Å². The molecular formula is C16H23NO4. The van der Waals surface area contributed by atoms with Crippen molar-refractivity contribution in [2.24, 2.45) is 0 Å². The van der Waals surface area contributed by atoms with Crippen molar-refractivity contribution >= 4 is 5.97 Å². The monoisotopic (exact) mass is 293 g/mol. The summed E-state index contributed by atoms with van der Waals surface area (Å²) in [4.78, 5) is 24.5. The number of pyridine rings is 1. The molecule has 0 amide bonds. The minimum absolute atomic E-state index is 0.0270. The fourth-order valence-electron chi connectivity index (χ4n) is 3.07. The molecule has 1 fully saturated rings. The fraction of sp³-hybridized carbons (Fsp3) is 0.625. The minimum atomic E-state index is -0.374. The lowest BCUT2D eigenvalue weighted by atomic mass is 10.0. The third-order valence-electron chi connectivity index (χ3n) is 4.08. The summed E-state index contributed by atoms with van der Waals surface area (Å²) in [5.74, 6) is -0.374. The van der Waals surface area contributed by atoms with Crippen molar-refractivity contribution in [1.29, 1.82) is 0 Å². The maximum atomic E-state index is 12.3. The van der Waals surface area contributed by atoms with E-state index in [-0.39, 0.29) is 23.7 Å². The molecule has 116 valence electrons. The van der Waals surface area contributed by atoms with E-state index < -0.39 is 0 Å². The van der Waals surface area contributed by atoms with Crippen LogP contribution in [0.15, 0.2) is 10.9 Å². The lowest BCUT2D eigenvalue weighted by Gasteiger charge is -2.25. The molecule has 2 rings (SSSR count). The first-order chi connectivity index (χ1) is 9.97. The van der Waals surface area contributed by atoms with E-state index in [2.05, 4.69) is 0 Å². The molecule has 0 radical (unpaired) electrons. The summed E-state index contributed by atoms with van der Waals surface area (Å²) in [6.45, 7) is 8.35. The van der Waals surface area contributed by atoms with Gasteiger partial charge in [-0.3, -0.25) is 4.79 Å². The smallest absolute Gasteiger partial charge is 0.340 e. The summed E-state index contributed by atoms with van der Waals surface area (Å²) in [6, 6.07) is 1.42. The normalized spacial score (nSPS) is 19.5. The van der Waals surface area contributed by atoms with E-state index >= 15 is 0 Å². The summed E-state index contributed by atoms with van der Waals surface area (Å²) >= 11 is 0. The Bertz CT molecular complexity index is 585. The number of ether oxygens (including phenoxy) is 2. The lowest BCUT2D eigenvalue weighted by Crippen LogP contribution is -2.33. The Morgan fingerprint density at radius 2 is 2.24 bits per heavy atom. The second-order valence-electron chi connectivity index (χ2n) is 5.51. The first kappa shape index (κ1) is 15.8. The van der Waals surface area contributed by atoms with Gasteiger partial charge in [0.15, 0.2) is 0 Å². The molecule has 0 aromatic carbocycles. The molecule has 1 aromatic heterocycles. The average molecular weight is 293 g/mol. The highest BCUT2D eigenvalue weighted by Crippen LogP contribution is 2.25. The van der Waals surface area contributed by atoms with Crippen LogP contribution in [0.3, 0.4) is 0 Å². The number of esters is 1. The lowest BCUT2D eigenvalue weighted by molar-refractivity contribution is 0.0518. The van der Waals surface area contributed by atoms with Gasteiger partial charge in [-0.05, 0) is 46.1 Å². The number of carbonyl (C=O) groups excluding carboxylic acids is 1. The third-order valence-corrected chi connectivity index (χ3v) is 4.08. The quantitative estimate of drug-likeness (QED) is 0.800. The SMILES string of the molecule is CCOC(=O)c1c(C)cc(=O)n(C(C)C2CCCO2)c1C. The predicted octanol–water partition coefficient (Wildman–Crippen LogP) is 2.38. The first-order valence-corrected chi connectivity index (χ1v) is 7.48. The highest BCUT2D eigenvalue weighted by molar-refractivity contribution is 5.92. The van der Waals surface area contributed by atoms with Crippen LogP contribution in [0.25, 0.3) is 0 Å². The van der Waals surface area contributed by atoms with Crippen LogP contribution in [-0.2, 0) is 9.47 Å². The van der Waals surface area contributed by atoms with Gasteiger partial charge in [0.1, 0.15) is 0 Å². The molecule has 0 N–H and O–H groups in total. The van der Waals surface area contributed by atoms with Crippen molar-refractivity contribution in [2.45, 2.75) is 52.7 Å². The minimum Gasteiger partial charge on any atom is -0.462 e. The molecule has 0 bridgehead atoms. The maximum absolute atomic E-state index is 12.3. The van der Waals surface area contributed by atoms with Gasteiger partial charge in [-0.15, -0.1) is 0 Å². The Hall–Kier alpha value is -1.62. The molecule has 0 aliphatic carbocycles. The van der Waals surface area contributed by atoms with E-state index in [0.717, 1.165) is 19.4 Å². The first-order valence-electron chi connectivity index (χ1n) is 7.48. The third kappa shape index (κ3) is 3.02. The van der Waals surface area contributed by atoms with Crippen molar-refractivity contribution < 1.29 is 14.3 Å². The summed E-state index contributed by atoms with van der Waals surface area (Å²) in [5.41, 5.74) is 1.70. The highest BCUT2D eigenvalue weighted by atomic mass is 16.5. The molecule has 5 heteroatoms. The number of nitrogens with zero attached hydrogens (tertiary/aromatic N) is 1. The summed E-state index contributed by atoms with van der Waals surface area (Å²) in [7, 11) is 0. The van der Waals surface area contributed by atoms with Gasteiger partial charge in [0.25, 0.3) is 5.56 Å². The maximum Gasteiger partial charge on any atom is 0.340 e. The van der Waals surface area contributed by atoms with Crippen molar-refractivity contribution in [1.82, 2.24) is 4.57 Å². The zero-order valence-electron chi connectivity index (χ0n) is 13.1. The largest absolute Gasteiger partial charge is 0.462 e. The Morgan fingerprint density at radius 1 is 1.52 bits per heavy atom. The van der Waals surface area contributed by atoms with Crippen molar-refractivity contribution in [3.05, 3.63) is 33.2 Å². The topological polar surface area (TPSA) is 57.5 Å². The number of hydrogen-bond acceptors (Lipinski definition) is 4. The molecule has 0 spiro atoms. The molecule has 2 unspecified atom stereocenters. The molecule has 1 saturated heterocycles. The second kappa shape index (κ2) is 6.43. The zero-order chi connectivity index (χ0) is 15.6. The number of aryl methyl sites for hydroxylation is 1. The van der Waals surface area contributed by atoms with E-state index in [1.165, 1.54) is 6.07 Å². The molecule has 1 aliphatic heterocycles. The van der Waals surface area contributed by atoms with Gasteiger partial charge < -0.3 is 14.0 Å². The highest BCUT2D eigenvalue weighted by Gasteiger charge is 2.27. The number of hydrogen-bond donors (Lipinski definition) is 0. The molecule has 21 heavy (non-hydrogen) atoms. The van der Waals surface area contributed by atoms with E-state index in [0.29, 0.717) is 23.4 Å². The van der Waals surface area contributed by atoms with Crippen molar-refractivity contribution in [3.8, 4) is 0 Å². The zero-order valence-corrected chi connectivity index (χ0v) is 13.1. The van der Waals surface area contributed by atoms with Crippen LogP contribution in [-0.4, -0.2) is 29.9 Å². The summed E-state index contributed by atoms with van der Waals surface area (Å²) in [6.07, 6.45) is 1.98. The van der Waals surface area contributed by atoms with Crippen LogP contribution in [0.5, 0.6) is 0 Å². The number of carbonyl (C=O) groups is 1. The Kier molecular flexibility index (Phi) is 4.83. The van der Waals surface area contributed by atoms with Gasteiger partial charge in [-0.1, -0.05) is 0 Å². The predicted molar refractivity (Wildman–Crippen MR) is 79.8 cm³/mol. The van der Waals surface area contributed by atoms with Crippen molar-refractivity contribution in [3.63, 3.8) is 0 Å². The Balaban J connectivity index is 2.48. The second-order valence-corrected chi connectivity index (χ2v) is 5.51. The van der Waals surface area contributed by atoms with Crippen molar-refractivity contribution in [2.75, 3.05) is 13.2 Å². The molecule has 1 aliphatic rings. The van der Waals surface area contributed by atoms with E-state index in [9.17, 15) is 9.59 Å². The number of rotatable bonds is 4. The van der Waals surface area contributed by atoms with Crippen LogP contribution in [0.4, 0.5) is 0 Å². The molecular weight excluding hydrogens is 270 g/mol.